The summed E-state index contributed by atoms with van der Waals surface area (Å²) in [6.07, 6.45) is 1.85. The van der Waals surface area contributed by atoms with Crippen LogP contribution in [0.25, 0.3) is 0 Å². The van der Waals surface area contributed by atoms with Crippen LogP contribution in [-0.4, -0.2) is 52.7 Å². The molecule has 1 N–H and O–H groups in total. The number of rotatable bonds is 2. The van der Waals surface area contributed by atoms with E-state index in [4.69, 9.17) is 14.2 Å². The highest BCUT2D eigenvalue weighted by atomic mass is 79.9. The number of ether oxygens (including phenoxy) is 3. The number of aromatic nitrogens is 2. The summed E-state index contributed by atoms with van der Waals surface area (Å²) in [4.78, 5) is 8.04. The van der Waals surface area contributed by atoms with Crippen molar-refractivity contribution in [1.82, 2.24) is 9.97 Å². The lowest BCUT2D eigenvalue weighted by Gasteiger charge is -2.16. The molecule has 2 saturated heterocycles. The second-order valence-corrected chi connectivity index (χ2v) is 4.92. The van der Waals surface area contributed by atoms with E-state index in [9.17, 15) is 5.11 Å². The Kier molecular flexibility index (Phi) is 2.99. The van der Waals surface area contributed by atoms with Crippen LogP contribution in [0.2, 0.25) is 0 Å². The quantitative estimate of drug-likeness (QED) is 0.838. The van der Waals surface area contributed by atoms with E-state index in [1.807, 2.05) is 0 Å². The highest BCUT2D eigenvalue weighted by Gasteiger charge is 2.48. The SMILES string of the molecule is O[C@@H]1CO[C@H]2[C@@H]1OC[C@H]2Oc1ncc(Br)cn1. The summed E-state index contributed by atoms with van der Waals surface area (Å²) < 4.78 is 17.2. The molecular weight excluding hydrogens is 292 g/mol. The van der Waals surface area contributed by atoms with Crippen LogP contribution in [0.5, 0.6) is 6.01 Å². The third-order valence-corrected chi connectivity index (χ3v) is 3.24. The molecule has 2 aliphatic rings. The topological polar surface area (TPSA) is 73.7 Å². The maximum atomic E-state index is 9.58. The molecule has 0 bridgehead atoms. The molecule has 1 aromatic rings. The van der Waals surface area contributed by atoms with E-state index in [-0.39, 0.29) is 30.9 Å². The number of halogens is 1. The molecule has 0 amide bonds. The summed E-state index contributed by atoms with van der Waals surface area (Å²) in [7, 11) is 0. The Labute approximate surface area is 106 Å². The first-order valence-electron chi connectivity index (χ1n) is 5.29. The monoisotopic (exact) mass is 302 g/mol. The van der Waals surface area contributed by atoms with Gasteiger partial charge < -0.3 is 19.3 Å². The van der Waals surface area contributed by atoms with Crippen LogP contribution in [0.3, 0.4) is 0 Å². The molecule has 6 nitrogen and oxygen atoms in total. The van der Waals surface area contributed by atoms with E-state index in [0.717, 1.165) is 4.47 Å². The van der Waals surface area contributed by atoms with Crippen molar-refractivity contribution in [3.8, 4) is 6.01 Å². The predicted octanol–water partition coefficient (Wildman–Crippen LogP) is 0.145. The molecule has 92 valence electrons. The summed E-state index contributed by atoms with van der Waals surface area (Å²) in [6, 6.07) is 0.285. The van der Waals surface area contributed by atoms with Gasteiger partial charge in [-0.3, -0.25) is 0 Å². The first-order chi connectivity index (χ1) is 8.24. The van der Waals surface area contributed by atoms with Crippen LogP contribution in [0.15, 0.2) is 16.9 Å². The first-order valence-corrected chi connectivity index (χ1v) is 6.09. The molecule has 0 radical (unpaired) electrons. The van der Waals surface area contributed by atoms with E-state index >= 15 is 0 Å². The summed E-state index contributed by atoms with van der Waals surface area (Å²) >= 11 is 3.25. The molecule has 1 aromatic heterocycles. The van der Waals surface area contributed by atoms with E-state index in [2.05, 4.69) is 25.9 Å². The van der Waals surface area contributed by atoms with E-state index < -0.39 is 6.10 Å². The van der Waals surface area contributed by atoms with Gasteiger partial charge in [0.15, 0.2) is 6.10 Å². The molecule has 3 rings (SSSR count). The lowest BCUT2D eigenvalue weighted by Crippen LogP contribution is -2.34. The molecule has 7 heteroatoms. The molecule has 0 aromatic carbocycles. The molecule has 0 spiro atoms. The highest BCUT2D eigenvalue weighted by molar-refractivity contribution is 9.10. The summed E-state index contributed by atoms with van der Waals surface area (Å²) in [5.41, 5.74) is 0. The number of aliphatic hydroxyl groups excluding tert-OH is 1. The molecule has 0 saturated carbocycles. The van der Waals surface area contributed by atoms with Crippen LogP contribution in [0, 0.1) is 0 Å². The largest absolute Gasteiger partial charge is 0.455 e. The Hall–Kier alpha value is -0.760. The molecule has 2 aliphatic heterocycles. The fourth-order valence-corrected chi connectivity index (χ4v) is 2.25. The average molecular weight is 303 g/mol. The second-order valence-electron chi connectivity index (χ2n) is 4.00. The van der Waals surface area contributed by atoms with E-state index in [0.29, 0.717) is 6.61 Å². The molecule has 4 atom stereocenters. The summed E-state index contributed by atoms with van der Waals surface area (Å²) in [5, 5.41) is 9.58. The van der Waals surface area contributed by atoms with Crippen LogP contribution in [0.4, 0.5) is 0 Å². The van der Waals surface area contributed by atoms with Crippen molar-refractivity contribution in [2.75, 3.05) is 13.2 Å². The number of nitrogens with zero attached hydrogens (tertiary/aromatic N) is 2. The second kappa shape index (κ2) is 4.49. The Morgan fingerprint density at radius 3 is 2.71 bits per heavy atom. The normalized spacial score (nSPS) is 35.9. The maximum Gasteiger partial charge on any atom is 0.316 e. The maximum absolute atomic E-state index is 9.58. The predicted molar refractivity (Wildman–Crippen MR) is 59.6 cm³/mol. The minimum atomic E-state index is -0.570. The Balaban J connectivity index is 1.68. The Bertz CT molecular complexity index is 402. The number of hydrogen-bond donors (Lipinski definition) is 1. The van der Waals surface area contributed by atoms with Gasteiger partial charge in [0.1, 0.15) is 18.3 Å². The van der Waals surface area contributed by atoms with Gasteiger partial charge in [-0.25, -0.2) is 9.97 Å². The first kappa shape index (κ1) is 11.3. The number of fused-ring (bicyclic) bond motifs is 1. The zero-order chi connectivity index (χ0) is 11.8. The van der Waals surface area contributed by atoms with Gasteiger partial charge in [0, 0.05) is 12.4 Å². The molecule has 0 unspecified atom stereocenters. The van der Waals surface area contributed by atoms with Gasteiger partial charge in [0.2, 0.25) is 0 Å². The minimum Gasteiger partial charge on any atom is -0.455 e. The van der Waals surface area contributed by atoms with Crippen LogP contribution >= 0.6 is 15.9 Å². The molecule has 3 heterocycles. The van der Waals surface area contributed by atoms with Crippen molar-refractivity contribution in [2.24, 2.45) is 0 Å². The lowest BCUT2D eigenvalue weighted by atomic mass is 10.1. The lowest BCUT2D eigenvalue weighted by molar-refractivity contribution is 0.00679. The zero-order valence-electron chi connectivity index (χ0n) is 8.82. The Morgan fingerprint density at radius 1 is 1.24 bits per heavy atom. The van der Waals surface area contributed by atoms with Crippen LogP contribution in [0.1, 0.15) is 0 Å². The third-order valence-electron chi connectivity index (χ3n) is 2.84. The van der Waals surface area contributed by atoms with Gasteiger partial charge in [-0.1, -0.05) is 0 Å². The summed E-state index contributed by atoms with van der Waals surface area (Å²) in [6.45, 7) is 0.669. The van der Waals surface area contributed by atoms with Gasteiger partial charge in [-0.15, -0.1) is 0 Å². The molecule has 17 heavy (non-hydrogen) atoms. The van der Waals surface area contributed by atoms with Gasteiger partial charge in [0.05, 0.1) is 17.7 Å². The number of aliphatic hydroxyl groups is 1. The zero-order valence-corrected chi connectivity index (χ0v) is 10.4. The van der Waals surface area contributed by atoms with Gasteiger partial charge in [-0.2, -0.15) is 0 Å². The third kappa shape index (κ3) is 2.15. The smallest absolute Gasteiger partial charge is 0.316 e. The van der Waals surface area contributed by atoms with Crippen molar-refractivity contribution < 1.29 is 19.3 Å². The van der Waals surface area contributed by atoms with Crippen LogP contribution < -0.4 is 4.74 Å². The van der Waals surface area contributed by atoms with E-state index in [1.54, 1.807) is 12.4 Å². The molecule has 2 fully saturated rings. The van der Waals surface area contributed by atoms with Crippen molar-refractivity contribution in [1.29, 1.82) is 0 Å². The van der Waals surface area contributed by atoms with Gasteiger partial charge in [-0.05, 0) is 15.9 Å². The Morgan fingerprint density at radius 2 is 1.94 bits per heavy atom. The van der Waals surface area contributed by atoms with E-state index in [1.165, 1.54) is 0 Å². The van der Waals surface area contributed by atoms with Crippen molar-refractivity contribution >= 4 is 15.9 Å². The standard InChI is InChI=1S/C10H11BrN2O4/c11-5-1-12-10(13-2-5)17-7-4-16-8-6(14)3-15-9(7)8/h1-2,6-9,14H,3-4H2/t6-,7-,8-,9-/m1/s1. The molecular formula is C10H11BrN2O4. The number of hydrogen-bond acceptors (Lipinski definition) is 6. The molecule has 0 aliphatic carbocycles. The van der Waals surface area contributed by atoms with Gasteiger partial charge >= 0.3 is 6.01 Å². The van der Waals surface area contributed by atoms with Crippen molar-refractivity contribution in [2.45, 2.75) is 24.4 Å². The van der Waals surface area contributed by atoms with Gasteiger partial charge in [0.25, 0.3) is 0 Å². The van der Waals surface area contributed by atoms with Crippen molar-refractivity contribution in [3.05, 3.63) is 16.9 Å². The fraction of sp³-hybridized carbons (Fsp3) is 0.600. The summed E-state index contributed by atoms with van der Waals surface area (Å²) in [5.74, 6) is 0. The minimum absolute atomic E-state index is 0.239. The van der Waals surface area contributed by atoms with Crippen LogP contribution in [-0.2, 0) is 9.47 Å². The fourth-order valence-electron chi connectivity index (χ4n) is 2.04. The average Bonchev–Trinajstić information content (AvgIpc) is 2.87. The van der Waals surface area contributed by atoms with Crippen molar-refractivity contribution in [3.63, 3.8) is 0 Å². The highest BCUT2D eigenvalue weighted by Crippen LogP contribution is 2.29.